The third kappa shape index (κ3) is 3.12. The van der Waals surface area contributed by atoms with Crippen LogP contribution < -0.4 is 0 Å². The molecule has 18 heavy (non-hydrogen) atoms. The molecule has 1 rings (SSSR count). The van der Waals surface area contributed by atoms with E-state index >= 15 is 0 Å². The first-order chi connectivity index (χ1) is 8.51. The van der Waals surface area contributed by atoms with E-state index in [0.717, 1.165) is 12.1 Å². The predicted octanol–water partition coefficient (Wildman–Crippen LogP) is 3.39. The zero-order valence-electron chi connectivity index (χ0n) is 10.2. The number of halogens is 2. The van der Waals surface area contributed by atoms with Gasteiger partial charge in [-0.05, 0) is 13.0 Å². The van der Waals surface area contributed by atoms with Crippen LogP contribution in [-0.2, 0) is 4.74 Å². The third-order valence-electron chi connectivity index (χ3n) is 2.41. The summed E-state index contributed by atoms with van der Waals surface area (Å²) in [5.41, 5.74) is -0.271. The van der Waals surface area contributed by atoms with Crippen molar-refractivity contribution in [1.29, 1.82) is 0 Å². The van der Waals surface area contributed by atoms with Crippen LogP contribution in [0.2, 0.25) is 0 Å². The van der Waals surface area contributed by atoms with Crippen LogP contribution in [0.3, 0.4) is 0 Å². The topological polar surface area (TPSA) is 43.4 Å². The molecule has 0 unspecified atom stereocenters. The summed E-state index contributed by atoms with van der Waals surface area (Å²) >= 11 is 0. The highest BCUT2D eigenvalue weighted by molar-refractivity contribution is 6.06. The molecule has 0 radical (unpaired) electrons. The highest BCUT2D eigenvalue weighted by atomic mass is 19.3. The van der Waals surface area contributed by atoms with E-state index in [1.807, 2.05) is 0 Å². The Kier molecular flexibility index (Phi) is 4.95. The lowest BCUT2D eigenvalue weighted by Gasteiger charge is -2.09. The molecule has 5 heteroatoms. The van der Waals surface area contributed by atoms with E-state index in [1.54, 1.807) is 13.8 Å². The largest absolute Gasteiger partial charge is 0.462 e. The van der Waals surface area contributed by atoms with Crippen molar-refractivity contribution in [3.63, 3.8) is 0 Å². The second-order valence-corrected chi connectivity index (χ2v) is 3.60. The molecule has 0 aromatic heterocycles. The third-order valence-corrected chi connectivity index (χ3v) is 2.41. The fourth-order valence-corrected chi connectivity index (χ4v) is 1.51. The maximum atomic E-state index is 12.6. The van der Waals surface area contributed by atoms with Gasteiger partial charge in [-0.3, -0.25) is 4.79 Å². The number of rotatable bonds is 5. The molecule has 0 bridgehead atoms. The molecule has 0 fully saturated rings. The number of Topliss-reactive ketones (excluding diaryl/α,β-unsaturated/α-hetero) is 1. The number of alkyl halides is 2. The van der Waals surface area contributed by atoms with E-state index in [0.29, 0.717) is 0 Å². The Hall–Kier alpha value is -1.78. The summed E-state index contributed by atoms with van der Waals surface area (Å²) in [6, 6.07) is 3.42. The van der Waals surface area contributed by atoms with Crippen LogP contribution in [0.25, 0.3) is 0 Å². The normalized spacial score (nSPS) is 10.5. The van der Waals surface area contributed by atoms with Crippen LogP contribution in [0.5, 0.6) is 0 Å². The van der Waals surface area contributed by atoms with Crippen molar-refractivity contribution in [1.82, 2.24) is 0 Å². The highest BCUT2D eigenvalue weighted by Crippen LogP contribution is 2.23. The zero-order valence-corrected chi connectivity index (χ0v) is 10.2. The summed E-state index contributed by atoms with van der Waals surface area (Å²) < 4.78 is 29.9. The van der Waals surface area contributed by atoms with Gasteiger partial charge < -0.3 is 4.74 Å². The van der Waals surface area contributed by atoms with Gasteiger partial charge in [-0.1, -0.05) is 19.1 Å². The number of ketones is 1. The molecule has 0 heterocycles. The summed E-state index contributed by atoms with van der Waals surface area (Å²) in [6.45, 7) is 3.37. The average Bonchev–Trinajstić information content (AvgIpc) is 2.37. The Morgan fingerprint density at radius 2 is 1.89 bits per heavy atom. The van der Waals surface area contributed by atoms with Crippen molar-refractivity contribution >= 4 is 11.8 Å². The van der Waals surface area contributed by atoms with Crippen molar-refractivity contribution < 1.29 is 23.1 Å². The van der Waals surface area contributed by atoms with Crippen LogP contribution in [-0.4, -0.2) is 18.4 Å². The molecule has 1 aromatic rings. The Labute approximate surface area is 104 Å². The first-order valence-corrected chi connectivity index (χ1v) is 5.63. The minimum Gasteiger partial charge on any atom is -0.462 e. The lowest BCUT2D eigenvalue weighted by Crippen LogP contribution is -2.12. The van der Waals surface area contributed by atoms with Crippen LogP contribution >= 0.6 is 0 Å². The minimum absolute atomic E-state index is 0.0958. The highest BCUT2D eigenvalue weighted by Gasteiger charge is 2.19. The maximum Gasteiger partial charge on any atom is 0.338 e. The monoisotopic (exact) mass is 256 g/mol. The molecule has 3 nitrogen and oxygen atoms in total. The van der Waals surface area contributed by atoms with Crippen LogP contribution in [0.15, 0.2) is 18.2 Å². The number of carbonyl (C=O) groups is 2. The molecule has 0 saturated carbocycles. The molecule has 1 aromatic carbocycles. The molecule has 0 amide bonds. The van der Waals surface area contributed by atoms with E-state index in [-0.39, 0.29) is 35.5 Å². The van der Waals surface area contributed by atoms with Gasteiger partial charge in [0.25, 0.3) is 6.43 Å². The van der Waals surface area contributed by atoms with Gasteiger partial charge in [-0.25, -0.2) is 13.6 Å². The average molecular weight is 256 g/mol. The molecule has 0 aliphatic heterocycles. The Morgan fingerprint density at radius 3 is 2.39 bits per heavy atom. The van der Waals surface area contributed by atoms with Gasteiger partial charge in [-0.15, -0.1) is 0 Å². The van der Waals surface area contributed by atoms with Gasteiger partial charge >= 0.3 is 5.97 Å². The molecule has 0 aliphatic carbocycles. The van der Waals surface area contributed by atoms with Crippen molar-refractivity contribution in [3.05, 3.63) is 34.9 Å². The van der Waals surface area contributed by atoms with Crippen molar-refractivity contribution in [2.75, 3.05) is 6.61 Å². The van der Waals surface area contributed by atoms with Crippen molar-refractivity contribution in [2.24, 2.45) is 0 Å². The van der Waals surface area contributed by atoms with E-state index in [2.05, 4.69) is 0 Å². The molecule has 0 spiro atoms. The Morgan fingerprint density at radius 1 is 1.22 bits per heavy atom. The number of esters is 1. The number of hydrogen-bond acceptors (Lipinski definition) is 3. The van der Waals surface area contributed by atoms with Crippen LogP contribution in [0, 0.1) is 0 Å². The standard InChI is InChI=1S/C13H14F2O3/c1-3-11(16)9-6-5-8(12(14)15)7-10(9)13(17)18-4-2/h5-7,12H,3-4H2,1-2H3. The van der Waals surface area contributed by atoms with E-state index in [9.17, 15) is 18.4 Å². The summed E-state index contributed by atoms with van der Waals surface area (Å²) in [5, 5.41) is 0. The van der Waals surface area contributed by atoms with Crippen LogP contribution in [0.4, 0.5) is 8.78 Å². The first kappa shape index (κ1) is 14.3. The number of carbonyl (C=O) groups excluding carboxylic acids is 2. The fraction of sp³-hybridized carbons (Fsp3) is 0.385. The van der Waals surface area contributed by atoms with E-state index in [1.165, 1.54) is 6.07 Å². The fourth-order valence-electron chi connectivity index (χ4n) is 1.51. The lowest BCUT2D eigenvalue weighted by atomic mass is 9.99. The van der Waals surface area contributed by atoms with Crippen molar-refractivity contribution in [2.45, 2.75) is 26.7 Å². The number of hydrogen-bond donors (Lipinski definition) is 0. The molecule has 0 N–H and O–H groups in total. The molecule has 0 saturated heterocycles. The maximum absolute atomic E-state index is 12.6. The van der Waals surface area contributed by atoms with Gasteiger partial charge in [0, 0.05) is 17.5 Å². The molecular formula is C13H14F2O3. The zero-order chi connectivity index (χ0) is 13.7. The second-order valence-electron chi connectivity index (χ2n) is 3.60. The molecular weight excluding hydrogens is 242 g/mol. The summed E-state index contributed by atoms with van der Waals surface area (Å²) in [4.78, 5) is 23.3. The first-order valence-electron chi connectivity index (χ1n) is 5.63. The summed E-state index contributed by atoms with van der Waals surface area (Å²) in [5.74, 6) is -1.03. The van der Waals surface area contributed by atoms with Gasteiger partial charge in [0.15, 0.2) is 5.78 Å². The minimum atomic E-state index is -2.69. The quantitative estimate of drug-likeness (QED) is 0.599. The SMILES string of the molecule is CCOC(=O)c1cc(C(F)F)ccc1C(=O)CC. The van der Waals surface area contributed by atoms with Crippen LogP contribution in [0.1, 0.15) is 53.0 Å². The molecule has 98 valence electrons. The van der Waals surface area contributed by atoms with Gasteiger partial charge in [-0.2, -0.15) is 0 Å². The predicted molar refractivity (Wildman–Crippen MR) is 62.0 cm³/mol. The van der Waals surface area contributed by atoms with E-state index < -0.39 is 12.4 Å². The van der Waals surface area contributed by atoms with Gasteiger partial charge in [0.05, 0.1) is 12.2 Å². The van der Waals surface area contributed by atoms with Crippen molar-refractivity contribution in [3.8, 4) is 0 Å². The van der Waals surface area contributed by atoms with E-state index in [4.69, 9.17) is 4.74 Å². The molecule has 0 atom stereocenters. The summed E-state index contributed by atoms with van der Waals surface area (Å²) in [7, 11) is 0. The Balaban J connectivity index is 3.26. The second kappa shape index (κ2) is 6.23. The molecule has 0 aliphatic rings. The number of ether oxygens (including phenoxy) is 1. The number of benzene rings is 1. The Bertz CT molecular complexity index is 456. The summed E-state index contributed by atoms with van der Waals surface area (Å²) in [6.07, 6.45) is -2.50. The van der Waals surface area contributed by atoms with Gasteiger partial charge in [0.1, 0.15) is 0 Å². The van der Waals surface area contributed by atoms with Gasteiger partial charge in [0.2, 0.25) is 0 Å². The smallest absolute Gasteiger partial charge is 0.338 e. The lowest BCUT2D eigenvalue weighted by molar-refractivity contribution is 0.0522.